The summed E-state index contributed by atoms with van der Waals surface area (Å²) in [7, 11) is 0. The Labute approximate surface area is 244 Å². The monoisotopic (exact) mass is 577 g/mol. The lowest BCUT2D eigenvalue weighted by molar-refractivity contribution is -0.134. The fourth-order valence-electron chi connectivity index (χ4n) is 4.61. The second-order valence-corrected chi connectivity index (χ2v) is 10.3. The molecular formula is C30H39N7O5. The Hall–Kier alpha value is -4.71. The van der Waals surface area contributed by atoms with Crippen molar-refractivity contribution in [1.29, 1.82) is 0 Å². The van der Waals surface area contributed by atoms with Crippen molar-refractivity contribution >= 4 is 40.4 Å². The molecule has 0 fully saturated rings. The highest BCUT2D eigenvalue weighted by Gasteiger charge is 2.31. The van der Waals surface area contributed by atoms with Crippen molar-refractivity contribution in [1.82, 2.24) is 20.9 Å². The van der Waals surface area contributed by atoms with Crippen molar-refractivity contribution in [2.45, 2.75) is 69.6 Å². The van der Waals surface area contributed by atoms with Crippen molar-refractivity contribution < 1.29 is 24.0 Å². The molecule has 12 nitrogen and oxygen atoms in total. The van der Waals surface area contributed by atoms with E-state index >= 15 is 0 Å². The zero-order chi connectivity index (χ0) is 30.6. The van der Waals surface area contributed by atoms with E-state index in [0.29, 0.717) is 6.42 Å². The van der Waals surface area contributed by atoms with Gasteiger partial charge in [-0.3, -0.25) is 24.0 Å². The van der Waals surface area contributed by atoms with E-state index in [1.165, 1.54) is 0 Å². The molecule has 0 saturated heterocycles. The van der Waals surface area contributed by atoms with E-state index in [1.54, 1.807) is 30.5 Å². The van der Waals surface area contributed by atoms with Gasteiger partial charge >= 0.3 is 0 Å². The number of rotatable bonds is 16. The normalized spacial score (nSPS) is 13.9. The molecule has 0 bridgehead atoms. The molecule has 12 heteroatoms. The van der Waals surface area contributed by atoms with Crippen LogP contribution in [0.15, 0.2) is 60.8 Å². The molecule has 3 rings (SSSR count). The first kappa shape index (κ1) is 31.8. The second kappa shape index (κ2) is 15.3. The summed E-state index contributed by atoms with van der Waals surface area (Å²) in [4.78, 5) is 66.5. The van der Waals surface area contributed by atoms with Gasteiger partial charge in [-0.05, 0) is 30.0 Å². The number of carbonyl (C=O) groups excluding carboxylic acids is 5. The van der Waals surface area contributed by atoms with Crippen molar-refractivity contribution in [2.24, 2.45) is 17.2 Å². The van der Waals surface area contributed by atoms with E-state index in [1.807, 2.05) is 37.3 Å². The number of benzene rings is 2. The number of unbranched alkanes of at least 4 members (excludes halogenated alkanes) is 1. The van der Waals surface area contributed by atoms with Gasteiger partial charge in [0.1, 0.15) is 18.1 Å². The first-order valence-corrected chi connectivity index (χ1v) is 13.9. The number of nitrogens with two attached hydrogens (primary N) is 3. The fraction of sp³-hybridized carbons (Fsp3) is 0.367. The average molecular weight is 578 g/mol. The lowest BCUT2D eigenvalue weighted by atomic mass is 10.0. The van der Waals surface area contributed by atoms with Gasteiger partial charge in [0, 0.05) is 23.5 Å². The summed E-state index contributed by atoms with van der Waals surface area (Å²) in [5.74, 6) is -3.66. The lowest BCUT2D eigenvalue weighted by Crippen LogP contribution is -2.58. The molecular weight excluding hydrogens is 538 g/mol. The van der Waals surface area contributed by atoms with Crippen molar-refractivity contribution in [3.63, 3.8) is 0 Å². The summed E-state index contributed by atoms with van der Waals surface area (Å²) in [5, 5.41) is 8.66. The fourth-order valence-corrected chi connectivity index (χ4v) is 4.61. The Morgan fingerprint density at radius 1 is 0.786 bits per heavy atom. The number of nitrogens with one attached hydrogen (secondary N) is 4. The summed E-state index contributed by atoms with van der Waals surface area (Å²) in [6.45, 7) is 1.93. The Bertz CT molecular complexity index is 1390. The number of hydrogen-bond donors (Lipinski definition) is 7. The molecule has 0 unspecified atom stereocenters. The maximum absolute atomic E-state index is 13.3. The lowest BCUT2D eigenvalue weighted by Gasteiger charge is -2.25. The third-order valence-corrected chi connectivity index (χ3v) is 6.91. The smallest absolute Gasteiger partial charge is 0.243 e. The molecule has 42 heavy (non-hydrogen) atoms. The molecule has 224 valence electrons. The van der Waals surface area contributed by atoms with E-state index in [0.717, 1.165) is 28.5 Å². The first-order valence-electron chi connectivity index (χ1n) is 13.9. The zero-order valence-electron chi connectivity index (χ0n) is 23.6. The minimum Gasteiger partial charge on any atom is -0.370 e. The van der Waals surface area contributed by atoms with Crippen LogP contribution in [-0.2, 0) is 36.8 Å². The van der Waals surface area contributed by atoms with Crippen LogP contribution in [0.3, 0.4) is 0 Å². The van der Waals surface area contributed by atoms with Gasteiger partial charge < -0.3 is 38.1 Å². The molecule has 0 aliphatic carbocycles. The van der Waals surface area contributed by atoms with E-state index in [2.05, 4.69) is 20.9 Å². The molecule has 0 aliphatic rings. The summed E-state index contributed by atoms with van der Waals surface area (Å²) < 4.78 is 0. The molecule has 2 aromatic carbocycles. The summed E-state index contributed by atoms with van der Waals surface area (Å²) in [5.41, 5.74) is 19.6. The van der Waals surface area contributed by atoms with Crippen molar-refractivity contribution in [2.75, 3.05) is 0 Å². The summed E-state index contributed by atoms with van der Waals surface area (Å²) in [6.07, 6.45) is 3.24. The molecule has 0 aliphatic heterocycles. The van der Waals surface area contributed by atoms with Crippen LogP contribution in [0.5, 0.6) is 0 Å². The Morgan fingerprint density at radius 3 is 2.07 bits per heavy atom. The number of para-hydroxylation sites is 1. The molecule has 0 radical (unpaired) electrons. The Kier molecular flexibility index (Phi) is 11.6. The quantitative estimate of drug-likeness (QED) is 0.127. The molecule has 1 heterocycles. The van der Waals surface area contributed by atoms with E-state index in [4.69, 9.17) is 17.2 Å². The molecule has 0 spiro atoms. The topological polar surface area (TPSA) is 215 Å². The number of H-pyrrole nitrogens is 1. The number of primary amides is 2. The van der Waals surface area contributed by atoms with Gasteiger partial charge in [-0.25, -0.2) is 0 Å². The molecule has 1 aromatic heterocycles. The highest BCUT2D eigenvalue weighted by Crippen LogP contribution is 2.19. The predicted octanol–water partition coefficient (Wildman–Crippen LogP) is 0.286. The molecule has 5 amide bonds. The van der Waals surface area contributed by atoms with Gasteiger partial charge in [0.15, 0.2) is 0 Å². The maximum atomic E-state index is 13.3. The zero-order valence-corrected chi connectivity index (χ0v) is 23.6. The number of amides is 5. The summed E-state index contributed by atoms with van der Waals surface area (Å²) >= 11 is 0. The van der Waals surface area contributed by atoms with Gasteiger partial charge in [-0.1, -0.05) is 68.3 Å². The number of fused-ring (bicyclic) bond motifs is 1. The highest BCUT2D eigenvalue weighted by molar-refractivity contribution is 5.96. The first-order chi connectivity index (χ1) is 20.1. The van der Waals surface area contributed by atoms with Crippen LogP contribution in [0.4, 0.5) is 0 Å². The van der Waals surface area contributed by atoms with Gasteiger partial charge in [0.05, 0.1) is 12.5 Å². The van der Waals surface area contributed by atoms with Crippen LogP contribution >= 0.6 is 0 Å². The predicted molar refractivity (Wildman–Crippen MR) is 158 cm³/mol. The molecule has 10 N–H and O–H groups in total. The highest BCUT2D eigenvalue weighted by atomic mass is 16.2. The summed E-state index contributed by atoms with van der Waals surface area (Å²) in [6, 6.07) is 12.1. The Morgan fingerprint density at radius 2 is 1.40 bits per heavy atom. The van der Waals surface area contributed by atoms with Crippen LogP contribution in [0.2, 0.25) is 0 Å². The maximum Gasteiger partial charge on any atom is 0.243 e. The number of aromatic amines is 1. The van der Waals surface area contributed by atoms with Gasteiger partial charge in [0.2, 0.25) is 29.5 Å². The largest absolute Gasteiger partial charge is 0.370 e. The molecule has 0 saturated carbocycles. The van der Waals surface area contributed by atoms with E-state index in [-0.39, 0.29) is 19.3 Å². The van der Waals surface area contributed by atoms with Gasteiger partial charge in [0.25, 0.3) is 0 Å². The van der Waals surface area contributed by atoms with Crippen LogP contribution in [0.25, 0.3) is 10.9 Å². The third-order valence-electron chi connectivity index (χ3n) is 6.91. The van der Waals surface area contributed by atoms with Gasteiger partial charge in [-0.15, -0.1) is 0 Å². The SMILES string of the molecule is CCCC[C@H](NC(=O)[C@@H](N)Cc1c[nH]c2ccccc12)C(=O)N[C@@H](CC(N)=O)C(=O)N[C@@H](Cc1ccccc1)C(N)=O. The van der Waals surface area contributed by atoms with Crippen molar-refractivity contribution in [3.8, 4) is 0 Å². The van der Waals surface area contributed by atoms with E-state index in [9.17, 15) is 24.0 Å². The minimum absolute atomic E-state index is 0.114. The molecule has 3 aromatic rings. The average Bonchev–Trinajstić information content (AvgIpc) is 3.37. The van der Waals surface area contributed by atoms with Crippen LogP contribution < -0.4 is 33.2 Å². The van der Waals surface area contributed by atoms with Gasteiger partial charge in [-0.2, -0.15) is 0 Å². The standard InChI is InChI=1S/C30H39N7O5/c1-2-3-12-23(35-28(40)21(31)15-19-17-34-22-13-8-7-11-20(19)22)29(41)37-25(16-26(32)38)30(42)36-24(27(33)39)14-18-9-5-4-6-10-18/h4-11,13,17,21,23-25,34H,2-3,12,14-16,31H2,1H3,(H2,32,38)(H2,33,39)(H,35,40)(H,36,42)(H,37,41)/t21-,23-,24-,25-/m0/s1. The Balaban J connectivity index is 1.69. The van der Waals surface area contributed by atoms with Crippen molar-refractivity contribution in [3.05, 3.63) is 71.9 Å². The van der Waals surface area contributed by atoms with Crippen LogP contribution in [0.1, 0.15) is 43.7 Å². The number of carbonyl (C=O) groups is 5. The second-order valence-electron chi connectivity index (χ2n) is 10.3. The number of aromatic nitrogens is 1. The molecule has 4 atom stereocenters. The van der Waals surface area contributed by atoms with E-state index < -0.39 is 60.1 Å². The minimum atomic E-state index is -1.39. The van der Waals surface area contributed by atoms with Crippen LogP contribution in [-0.4, -0.2) is 58.7 Å². The van der Waals surface area contributed by atoms with Crippen LogP contribution in [0, 0.1) is 0 Å². The number of hydrogen-bond acceptors (Lipinski definition) is 6. The third kappa shape index (κ3) is 9.16.